The average molecular weight is 527 g/mol. The maximum atomic E-state index is 13.2. The van der Waals surface area contributed by atoms with Crippen molar-refractivity contribution in [3.63, 3.8) is 0 Å². The maximum Gasteiger partial charge on any atom is 0.240 e. The number of sulfonamides is 1. The standard InChI is InChI=1S/C20H23ClN6O5S2/c1-12(17(32-2)18-22-10-14(21)11-23-18)34(30,31)26-20-25-24-19(27(20)15-7-8-15)13-5-4-6-16(9-13)33(3,28)29/h4-6,9-12,15,17H,7-8H2,1-3H3,(H,25,26). The third-order valence-corrected chi connectivity index (χ3v) is 8.42. The minimum Gasteiger partial charge on any atom is -0.372 e. The Bertz CT molecular complexity index is 1410. The van der Waals surface area contributed by atoms with Crippen molar-refractivity contribution in [2.75, 3.05) is 18.1 Å². The lowest BCUT2D eigenvalue weighted by Crippen LogP contribution is -2.33. The van der Waals surface area contributed by atoms with Gasteiger partial charge in [0.15, 0.2) is 21.5 Å². The summed E-state index contributed by atoms with van der Waals surface area (Å²) in [7, 11) is -6.08. The molecule has 0 amide bonds. The summed E-state index contributed by atoms with van der Waals surface area (Å²) in [4.78, 5) is 8.29. The van der Waals surface area contributed by atoms with Crippen molar-refractivity contribution in [3.8, 4) is 11.4 Å². The number of rotatable bonds is 9. The molecule has 4 rings (SSSR count). The number of ether oxygens (including phenoxy) is 1. The molecule has 0 radical (unpaired) electrons. The van der Waals surface area contributed by atoms with Crippen molar-refractivity contribution in [1.29, 1.82) is 0 Å². The molecule has 34 heavy (non-hydrogen) atoms. The fourth-order valence-corrected chi connectivity index (χ4v) is 5.36. The number of benzene rings is 1. The normalized spacial score (nSPS) is 16.2. The van der Waals surface area contributed by atoms with Crippen LogP contribution in [0.15, 0.2) is 41.6 Å². The number of halogens is 1. The Hall–Kier alpha value is -2.61. The van der Waals surface area contributed by atoms with E-state index < -0.39 is 31.2 Å². The fourth-order valence-electron chi connectivity index (χ4n) is 3.46. The molecule has 0 bridgehead atoms. The monoisotopic (exact) mass is 526 g/mol. The summed E-state index contributed by atoms with van der Waals surface area (Å²) in [6.07, 6.45) is 4.53. The van der Waals surface area contributed by atoms with E-state index in [1.165, 1.54) is 38.6 Å². The van der Waals surface area contributed by atoms with Crippen LogP contribution in [0.5, 0.6) is 0 Å². The number of aromatic nitrogens is 5. The van der Waals surface area contributed by atoms with Crippen molar-refractivity contribution >= 4 is 37.4 Å². The lowest BCUT2D eigenvalue weighted by atomic mass is 10.2. The predicted molar refractivity (Wildman–Crippen MR) is 126 cm³/mol. The molecule has 1 aliphatic carbocycles. The number of hydrogen-bond acceptors (Lipinski definition) is 9. The van der Waals surface area contributed by atoms with Gasteiger partial charge in [0.1, 0.15) is 11.4 Å². The van der Waals surface area contributed by atoms with E-state index in [0.29, 0.717) is 16.4 Å². The number of methoxy groups -OCH3 is 1. The first-order valence-corrected chi connectivity index (χ1v) is 14.1. The van der Waals surface area contributed by atoms with Crippen LogP contribution in [-0.2, 0) is 24.6 Å². The quantitative estimate of drug-likeness (QED) is 0.444. The summed E-state index contributed by atoms with van der Waals surface area (Å²) >= 11 is 5.83. The number of nitrogens with one attached hydrogen (secondary N) is 1. The van der Waals surface area contributed by atoms with Crippen LogP contribution < -0.4 is 4.72 Å². The van der Waals surface area contributed by atoms with Crippen LogP contribution in [0.3, 0.4) is 0 Å². The highest BCUT2D eigenvalue weighted by molar-refractivity contribution is 7.93. The molecule has 11 nitrogen and oxygen atoms in total. The lowest BCUT2D eigenvalue weighted by Gasteiger charge is -2.22. The van der Waals surface area contributed by atoms with E-state index in [2.05, 4.69) is 24.9 Å². The molecule has 2 unspecified atom stereocenters. The number of anilines is 1. The molecule has 182 valence electrons. The van der Waals surface area contributed by atoms with Crippen LogP contribution >= 0.6 is 11.6 Å². The van der Waals surface area contributed by atoms with E-state index in [-0.39, 0.29) is 22.7 Å². The second-order valence-electron chi connectivity index (χ2n) is 8.02. The average Bonchev–Trinajstić information content (AvgIpc) is 3.55. The summed E-state index contributed by atoms with van der Waals surface area (Å²) in [6, 6.07) is 6.30. The van der Waals surface area contributed by atoms with Crippen LogP contribution in [0.4, 0.5) is 5.95 Å². The van der Waals surface area contributed by atoms with E-state index in [1.807, 2.05) is 0 Å². The topological polar surface area (TPSA) is 146 Å². The van der Waals surface area contributed by atoms with E-state index in [1.54, 1.807) is 16.7 Å². The summed E-state index contributed by atoms with van der Waals surface area (Å²) in [6.45, 7) is 1.47. The van der Waals surface area contributed by atoms with Gasteiger partial charge in [0, 0.05) is 37.4 Å². The van der Waals surface area contributed by atoms with Gasteiger partial charge in [0.25, 0.3) is 0 Å². The van der Waals surface area contributed by atoms with Crippen molar-refractivity contribution in [2.45, 2.75) is 42.1 Å². The van der Waals surface area contributed by atoms with Crippen LogP contribution in [0, 0.1) is 0 Å². The molecule has 1 N–H and O–H groups in total. The zero-order chi connectivity index (χ0) is 24.7. The number of nitrogens with zero attached hydrogens (tertiary/aromatic N) is 5. The highest BCUT2D eigenvalue weighted by Crippen LogP contribution is 2.41. The largest absolute Gasteiger partial charge is 0.372 e. The zero-order valence-electron chi connectivity index (χ0n) is 18.6. The molecule has 0 saturated heterocycles. The van der Waals surface area contributed by atoms with Gasteiger partial charge < -0.3 is 4.74 Å². The molecule has 3 aromatic rings. The third kappa shape index (κ3) is 5.06. The summed E-state index contributed by atoms with van der Waals surface area (Å²) in [5.74, 6) is 0.593. The fraction of sp³-hybridized carbons (Fsp3) is 0.400. The van der Waals surface area contributed by atoms with Crippen molar-refractivity contribution < 1.29 is 21.6 Å². The predicted octanol–water partition coefficient (Wildman–Crippen LogP) is 2.64. The van der Waals surface area contributed by atoms with E-state index >= 15 is 0 Å². The van der Waals surface area contributed by atoms with Gasteiger partial charge in [-0.25, -0.2) is 26.8 Å². The molecule has 1 saturated carbocycles. The van der Waals surface area contributed by atoms with Gasteiger partial charge in [-0.1, -0.05) is 23.7 Å². The van der Waals surface area contributed by atoms with Crippen LogP contribution in [0.2, 0.25) is 5.02 Å². The van der Waals surface area contributed by atoms with Crippen LogP contribution in [0.1, 0.15) is 37.7 Å². The van der Waals surface area contributed by atoms with Gasteiger partial charge in [-0.15, -0.1) is 10.2 Å². The zero-order valence-corrected chi connectivity index (χ0v) is 21.0. The molecule has 1 fully saturated rings. The SMILES string of the molecule is COC(c1ncc(Cl)cn1)C(C)S(=O)(=O)Nc1nnc(-c2cccc(S(C)(=O)=O)c2)n1C1CC1. The summed E-state index contributed by atoms with van der Waals surface area (Å²) < 4.78 is 60.0. The molecule has 2 atom stereocenters. The van der Waals surface area contributed by atoms with Gasteiger partial charge in [-0.2, -0.15) is 0 Å². The van der Waals surface area contributed by atoms with E-state index in [9.17, 15) is 16.8 Å². The Balaban J connectivity index is 1.67. The molecule has 1 aromatic carbocycles. The molecule has 2 heterocycles. The molecule has 2 aromatic heterocycles. The van der Waals surface area contributed by atoms with Crippen LogP contribution in [-0.4, -0.2) is 60.2 Å². The minimum atomic E-state index is -4.02. The first-order valence-electron chi connectivity index (χ1n) is 10.3. The second kappa shape index (κ2) is 9.21. The minimum absolute atomic E-state index is 0.00211. The summed E-state index contributed by atoms with van der Waals surface area (Å²) in [5, 5.41) is 7.47. The number of sulfone groups is 1. The Morgan fingerprint density at radius 1 is 1.15 bits per heavy atom. The molecule has 0 spiro atoms. The van der Waals surface area contributed by atoms with Crippen molar-refractivity contribution in [1.82, 2.24) is 24.7 Å². The first-order chi connectivity index (χ1) is 16.0. The molecule has 14 heteroatoms. The first kappa shape index (κ1) is 24.5. The lowest BCUT2D eigenvalue weighted by molar-refractivity contribution is 0.0950. The molecular formula is C20H23ClN6O5S2. The second-order valence-corrected chi connectivity index (χ2v) is 12.5. The molecular weight excluding hydrogens is 504 g/mol. The van der Waals surface area contributed by atoms with Crippen LogP contribution in [0.25, 0.3) is 11.4 Å². The van der Waals surface area contributed by atoms with E-state index in [0.717, 1.165) is 19.1 Å². The highest BCUT2D eigenvalue weighted by Gasteiger charge is 2.36. The Kier molecular flexibility index (Phi) is 6.64. The number of hydrogen-bond donors (Lipinski definition) is 1. The van der Waals surface area contributed by atoms with Gasteiger partial charge >= 0.3 is 0 Å². The van der Waals surface area contributed by atoms with Gasteiger partial charge in [-0.05, 0) is 31.9 Å². The maximum absolute atomic E-state index is 13.2. The van der Waals surface area contributed by atoms with Gasteiger partial charge in [0.05, 0.1) is 9.92 Å². The molecule has 0 aliphatic heterocycles. The van der Waals surface area contributed by atoms with Gasteiger partial charge in [0.2, 0.25) is 16.0 Å². The Labute approximate surface area is 202 Å². The summed E-state index contributed by atoms with van der Waals surface area (Å²) in [5.41, 5.74) is 0.519. The third-order valence-electron chi connectivity index (χ3n) is 5.43. The Morgan fingerprint density at radius 3 is 2.41 bits per heavy atom. The van der Waals surface area contributed by atoms with Gasteiger partial charge in [-0.3, -0.25) is 9.29 Å². The van der Waals surface area contributed by atoms with E-state index in [4.69, 9.17) is 16.3 Å². The Morgan fingerprint density at radius 2 is 1.82 bits per heavy atom. The smallest absolute Gasteiger partial charge is 0.240 e. The highest BCUT2D eigenvalue weighted by atomic mass is 35.5. The molecule has 1 aliphatic rings. The van der Waals surface area contributed by atoms with Crippen molar-refractivity contribution in [3.05, 3.63) is 47.5 Å². The van der Waals surface area contributed by atoms with Crippen molar-refractivity contribution in [2.24, 2.45) is 0 Å².